The van der Waals surface area contributed by atoms with Crippen molar-refractivity contribution in [3.63, 3.8) is 0 Å². The van der Waals surface area contributed by atoms with E-state index in [1.807, 2.05) is 52.1 Å². The maximum absolute atomic E-state index is 13.5. The molecule has 4 N–H and O–H groups in total. The largest absolute Gasteiger partial charge is 0.372 e. The van der Waals surface area contributed by atoms with E-state index in [1.54, 1.807) is 11.3 Å². The molecule has 1 saturated carbocycles. The van der Waals surface area contributed by atoms with Gasteiger partial charge >= 0.3 is 0 Å². The van der Waals surface area contributed by atoms with Crippen molar-refractivity contribution in [3.05, 3.63) is 82.4 Å². The van der Waals surface area contributed by atoms with Crippen molar-refractivity contribution in [2.75, 3.05) is 6.54 Å². The minimum absolute atomic E-state index is 0.174. The lowest BCUT2D eigenvalue weighted by atomic mass is 9.70. The lowest BCUT2D eigenvalue weighted by Crippen LogP contribution is -2.18. The highest BCUT2D eigenvalue weighted by molar-refractivity contribution is 6.57. The highest BCUT2D eigenvalue weighted by atomic mass is 19.1. The molecule has 6 rings (SSSR count). The molecule has 0 spiro atoms. The summed E-state index contributed by atoms with van der Waals surface area (Å²) in [6.45, 7) is 10.3. The quantitative estimate of drug-likeness (QED) is 0.279. The number of aryl methyl sites for hydroxylation is 3. The second-order valence-electron chi connectivity index (χ2n) is 9.45. The minimum atomic E-state index is -0.225. The van der Waals surface area contributed by atoms with E-state index in [1.165, 1.54) is 36.0 Å². The molecule has 1 aliphatic carbocycles. The van der Waals surface area contributed by atoms with E-state index in [0.29, 0.717) is 23.7 Å². The van der Waals surface area contributed by atoms with Crippen LogP contribution in [0.2, 0.25) is 6.32 Å². The van der Waals surface area contributed by atoms with Gasteiger partial charge in [-0.1, -0.05) is 31.2 Å². The van der Waals surface area contributed by atoms with E-state index < -0.39 is 0 Å². The van der Waals surface area contributed by atoms with Crippen LogP contribution in [0, 0.1) is 25.5 Å². The zero-order valence-electron chi connectivity index (χ0n) is 24.3. The van der Waals surface area contributed by atoms with Gasteiger partial charge in [-0.15, -0.1) is 0 Å². The van der Waals surface area contributed by atoms with E-state index in [-0.39, 0.29) is 18.0 Å². The highest BCUT2D eigenvalue weighted by Gasteiger charge is 2.26. The fourth-order valence-electron chi connectivity index (χ4n) is 4.55. The molecular weight excluding hydrogens is 523 g/mol. The molecule has 0 unspecified atom stereocenters. The number of fused-ring (bicyclic) bond motifs is 2. The van der Waals surface area contributed by atoms with Gasteiger partial charge in [-0.05, 0) is 81.1 Å². The van der Waals surface area contributed by atoms with Gasteiger partial charge in [0.05, 0.1) is 11.4 Å². The fraction of sp³-hybridized carbons (Fsp3) is 0.355. The number of carbonyl (C=O) groups excluding carboxylic acids is 2. The number of benzene rings is 1. The molecule has 0 atom stereocenters. The van der Waals surface area contributed by atoms with E-state index in [2.05, 4.69) is 24.1 Å². The lowest BCUT2D eigenvalue weighted by Gasteiger charge is -2.12. The maximum atomic E-state index is 13.5. The molecule has 41 heavy (non-hydrogen) atoms. The molecule has 1 aromatic carbocycles. The Bertz CT molecular complexity index is 1440. The first-order valence-corrected chi connectivity index (χ1v) is 13.8. The number of primary amides is 1. The second-order valence-corrected chi connectivity index (χ2v) is 9.45. The van der Waals surface area contributed by atoms with Crippen molar-refractivity contribution in [1.82, 2.24) is 14.4 Å². The van der Waals surface area contributed by atoms with Gasteiger partial charge in [0, 0.05) is 36.0 Å². The standard InChI is InChI=1S/C16H17BFN2.C11H11FN2.C2H6.CH3NO.CH2O/c1-10-8-12(2-3-14(10)18)16-15-11(4-6-17-15)9-13(20-16)5-7-19;1-7-4-9(12)11-13-10(8-2-3-8)6-14(11)5-7;1-2;2-1-3;1-2/h2-3,8-9H,4-7,19H2,1H3;4-6,8H,2-3H2,1H3;1-2H3;1H,(H2,2,3);1H2. The zero-order valence-corrected chi connectivity index (χ0v) is 24.3. The van der Waals surface area contributed by atoms with Gasteiger partial charge in [0.1, 0.15) is 12.6 Å². The third-order valence-corrected chi connectivity index (χ3v) is 6.45. The Kier molecular flexibility index (Phi) is 13.3. The summed E-state index contributed by atoms with van der Waals surface area (Å²) in [6, 6.07) is 8.88. The summed E-state index contributed by atoms with van der Waals surface area (Å²) in [5, 5.41) is 0. The van der Waals surface area contributed by atoms with Crippen LogP contribution in [0.5, 0.6) is 0 Å². The number of hydrogen-bond acceptors (Lipinski definition) is 5. The molecule has 1 fully saturated rings. The predicted molar refractivity (Wildman–Crippen MR) is 162 cm³/mol. The number of hydrogen-bond donors (Lipinski definition) is 2. The molecule has 0 bridgehead atoms. The summed E-state index contributed by atoms with van der Waals surface area (Å²) in [5.74, 6) is 0.180. The first-order valence-electron chi connectivity index (χ1n) is 13.8. The van der Waals surface area contributed by atoms with Gasteiger partial charge < -0.3 is 20.7 Å². The molecule has 1 radical (unpaired) electrons. The number of nitrogens with two attached hydrogens (primary N) is 2. The third kappa shape index (κ3) is 8.78. The number of rotatable bonds is 4. The molecule has 3 aromatic heterocycles. The summed E-state index contributed by atoms with van der Waals surface area (Å²) in [4.78, 5) is 25.6. The monoisotopic (exact) mass is 562 g/mol. The Morgan fingerprint density at radius 1 is 1.07 bits per heavy atom. The van der Waals surface area contributed by atoms with Crippen molar-refractivity contribution < 1.29 is 18.4 Å². The van der Waals surface area contributed by atoms with Crippen molar-refractivity contribution >= 4 is 31.6 Å². The van der Waals surface area contributed by atoms with E-state index in [9.17, 15) is 8.78 Å². The maximum Gasteiger partial charge on any atom is 0.204 e. The number of amides is 1. The van der Waals surface area contributed by atoms with Gasteiger partial charge in [-0.3, -0.25) is 9.78 Å². The number of carbonyl (C=O) groups is 2. The van der Waals surface area contributed by atoms with Gasteiger partial charge in [-0.25, -0.2) is 13.8 Å². The fourth-order valence-corrected chi connectivity index (χ4v) is 4.55. The number of imidazole rings is 1. The van der Waals surface area contributed by atoms with Crippen molar-refractivity contribution in [3.8, 4) is 11.3 Å². The molecule has 4 heterocycles. The van der Waals surface area contributed by atoms with Crippen LogP contribution in [0.3, 0.4) is 0 Å². The highest BCUT2D eigenvalue weighted by Crippen LogP contribution is 2.39. The summed E-state index contributed by atoms with van der Waals surface area (Å²) < 4.78 is 28.7. The van der Waals surface area contributed by atoms with Crippen LogP contribution in [0.15, 0.2) is 42.7 Å². The molecule has 4 aromatic rings. The lowest BCUT2D eigenvalue weighted by molar-refractivity contribution is -0.107. The third-order valence-electron chi connectivity index (χ3n) is 6.45. The molecule has 1 aliphatic heterocycles. The Morgan fingerprint density at radius 2 is 1.76 bits per heavy atom. The molecule has 217 valence electrons. The molecular formula is C31H39BF2N5O2. The van der Waals surface area contributed by atoms with E-state index >= 15 is 0 Å². The van der Waals surface area contributed by atoms with Gasteiger partial charge in [-0.2, -0.15) is 0 Å². The summed E-state index contributed by atoms with van der Waals surface area (Å²) in [6.07, 6.45) is 9.40. The van der Waals surface area contributed by atoms with Crippen LogP contribution in [0.25, 0.3) is 16.9 Å². The Hall–Kier alpha value is -3.92. The molecule has 0 saturated heterocycles. The Balaban J connectivity index is 0.000000244. The summed E-state index contributed by atoms with van der Waals surface area (Å²) in [7, 11) is 2.22. The van der Waals surface area contributed by atoms with Gasteiger partial charge in [0.15, 0.2) is 18.7 Å². The molecule has 2 aliphatic rings. The SMILES string of the molecule is C=O.CC.Cc1cc(-c2nc(CCN)cc3c2[B]CC3)ccc1F.Cc1cc(F)c2nc(C3CC3)cn2c1.NC=O. The average molecular weight is 562 g/mol. The van der Waals surface area contributed by atoms with Crippen LogP contribution in [-0.4, -0.2) is 41.4 Å². The predicted octanol–water partition coefficient (Wildman–Crippen LogP) is 4.60. The average Bonchev–Trinajstić information content (AvgIpc) is 3.55. The molecule has 10 heteroatoms. The normalized spacial score (nSPS) is 12.6. The molecule has 1 amide bonds. The first-order chi connectivity index (χ1) is 19.8. The van der Waals surface area contributed by atoms with Crippen LogP contribution in [-0.2, 0) is 22.4 Å². The van der Waals surface area contributed by atoms with Crippen molar-refractivity contribution in [1.29, 1.82) is 0 Å². The van der Waals surface area contributed by atoms with Crippen molar-refractivity contribution in [2.45, 2.75) is 65.6 Å². The Morgan fingerprint density at radius 3 is 2.37 bits per heavy atom. The van der Waals surface area contributed by atoms with Gasteiger partial charge in [0.2, 0.25) is 6.41 Å². The number of halogens is 2. The number of nitrogens with zero attached hydrogens (tertiary/aromatic N) is 3. The van der Waals surface area contributed by atoms with Crippen LogP contribution in [0.4, 0.5) is 8.78 Å². The number of pyridine rings is 2. The molecule has 7 nitrogen and oxygen atoms in total. The van der Waals surface area contributed by atoms with Crippen LogP contribution in [0.1, 0.15) is 60.7 Å². The Labute approximate surface area is 241 Å². The minimum Gasteiger partial charge on any atom is -0.372 e. The van der Waals surface area contributed by atoms with E-state index in [0.717, 1.165) is 47.4 Å². The second kappa shape index (κ2) is 16.4. The first kappa shape index (κ1) is 33.3. The summed E-state index contributed by atoms with van der Waals surface area (Å²) >= 11 is 0. The van der Waals surface area contributed by atoms with E-state index in [4.69, 9.17) is 20.3 Å². The van der Waals surface area contributed by atoms with Crippen LogP contribution < -0.4 is 16.9 Å². The van der Waals surface area contributed by atoms with Gasteiger partial charge in [0.25, 0.3) is 0 Å². The topological polar surface area (TPSA) is 116 Å². The smallest absolute Gasteiger partial charge is 0.204 e. The zero-order chi connectivity index (χ0) is 30.5. The van der Waals surface area contributed by atoms with Crippen LogP contribution >= 0.6 is 0 Å². The summed E-state index contributed by atoms with van der Waals surface area (Å²) in [5.41, 5.74) is 18.4. The van der Waals surface area contributed by atoms with Crippen molar-refractivity contribution in [2.24, 2.45) is 11.5 Å². The number of aromatic nitrogens is 3.